The first-order valence-electron chi connectivity index (χ1n) is 9.07. The molecule has 0 radical (unpaired) electrons. The highest BCUT2D eigenvalue weighted by Gasteiger charge is 2.34. The van der Waals surface area contributed by atoms with Gasteiger partial charge < -0.3 is 0 Å². The first kappa shape index (κ1) is 18.4. The standard InChI is InChI=1S/C23H20FNO2S/c1-17-7-13-22(14-8-17)28(26,27)25-16-20(18-5-3-2-4-6-18)15-23(25)19-9-11-21(24)12-10-19/h2-15,20H,16H2,1H3. The molecule has 1 unspecified atom stereocenters. The highest BCUT2D eigenvalue weighted by molar-refractivity contribution is 7.89. The van der Waals surface area contributed by atoms with Crippen molar-refractivity contribution in [3.05, 3.63) is 107 Å². The van der Waals surface area contributed by atoms with E-state index in [0.717, 1.165) is 11.1 Å². The molecule has 0 spiro atoms. The van der Waals surface area contributed by atoms with Crippen LogP contribution in [0.25, 0.3) is 5.70 Å². The van der Waals surface area contributed by atoms with Crippen LogP contribution in [0.5, 0.6) is 0 Å². The summed E-state index contributed by atoms with van der Waals surface area (Å²) in [5.74, 6) is -0.420. The third-order valence-electron chi connectivity index (χ3n) is 4.97. The summed E-state index contributed by atoms with van der Waals surface area (Å²) >= 11 is 0. The Morgan fingerprint density at radius 1 is 0.893 bits per heavy atom. The van der Waals surface area contributed by atoms with Crippen molar-refractivity contribution in [2.75, 3.05) is 6.54 Å². The Labute approximate surface area is 164 Å². The molecule has 0 N–H and O–H groups in total. The van der Waals surface area contributed by atoms with Gasteiger partial charge in [-0.1, -0.05) is 54.1 Å². The van der Waals surface area contributed by atoms with Crippen LogP contribution in [-0.2, 0) is 10.0 Å². The van der Waals surface area contributed by atoms with Gasteiger partial charge in [-0.3, -0.25) is 4.31 Å². The van der Waals surface area contributed by atoms with Crippen LogP contribution in [0.15, 0.2) is 89.8 Å². The van der Waals surface area contributed by atoms with Crippen molar-refractivity contribution in [3.8, 4) is 0 Å². The topological polar surface area (TPSA) is 37.4 Å². The van der Waals surface area contributed by atoms with Crippen molar-refractivity contribution < 1.29 is 12.8 Å². The van der Waals surface area contributed by atoms with E-state index in [9.17, 15) is 12.8 Å². The van der Waals surface area contributed by atoms with Gasteiger partial charge >= 0.3 is 0 Å². The number of halogens is 1. The third kappa shape index (κ3) is 3.45. The molecule has 0 fully saturated rings. The van der Waals surface area contributed by atoms with E-state index in [1.54, 1.807) is 36.4 Å². The van der Waals surface area contributed by atoms with Gasteiger partial charge in [0.1, 0.15) is 5.82 Å². The first-order valence-corrected chi connectivity index (χ1v) is 10.5. The normalized spacial score (nSPS) is 16.9. The van der Waals surface area contributed by atoms with E-state index in [-0.39, 0.29) is 16.6 Å². The molecule has 0 aromatic heterocycles. The maximum absolute atomic E-state index is 13.4. The van der Waals surface area contributed by atoms with Crippen molar-refractivity contribution in [1.82, 2.24) is 4.31 Å². The number of hydrogen-bond donors (Lipinski definition) is 0. The lowest BCUT2D eigenvalue weighted by Gasteiger charge is -2.23. The van der Waals surface area contributed by atoms with Crippen LogP contribution in [0.1, 0.15) is 22.6 Å². The minimum absolute atomic E-state index is 0.0681. The van der Waals surface area contributed by atoms with E-state index in [1.165, 1.54) is 16.4 Å². The molecule has 1 atom stereocenters. The minimum atomic E-state index is -3.73. The maximum atomic E-state index is 13.4. The van der Waals surface area contributed by atoms with Crippen LogP contribution in [0, 0.1) is 12.7 Å². The number of benzene rings is 3. The summed E-state index contributed by atoms with van der Waals surface area (Å²) in [5, 5.41) is 0. The van der Waals surface area contributed by atoms with Gasteiger partial charge in [-0.2, -0.15) is 0 Å². The fraction of sp³-hybridized carbons (Fsp3) is 0.130. The molecule has 142 valence electrons. The Morgan fingerprint density at radius 2 is 1.54 bits per heavy atom. The Hall–Kier alpha value is -2.92. The summed E-state index contributed by atoms with van der Waals surface area (Å²) in [7, 11) is -3.73. The predicted octanol–water partition coefficient (Wildman–Crippen LogP) is 4.96. The van der Waals surface area contributed by atoms with Crippen molar-refractivity contribution in [2.45, 2.75) is 17.7 Å². The number of nitrogens with zero attached hydrogens (tertiary/aromatic N) is 1. The van der Waals surface area contributed by atoms with Gasteiger partial charge in [-0.05, 0) is 54.4 Å². The molecule has 0 saturated heterocycles. The summed E-state index contributed by atoms with van der Waals surface area (Å²) in [5.41, 5.74) is 3.30. The molecule has 3 aromatic carbocycles. The van der Waals surface area contributed by atoms with E-state index < -0.39 is 10.0 Å². The number of sulfonamides is 1. The zero-order chi connectivity index (χ0) is 19.7. The molecular formula is C23H20FNO2S. The molecule has 1 aliphatic rings. The van der Waals surface area contributed by atoms with Crippen LogP contribution < -0.4 is 0 Å². The van der Waals surface area contributed by atoms with Gasteiger partial charge in [0.25, 0.3) is 10.0 Å². The lowest BCUT2D eigenvalue weighted by atomic mass is 10.00. The largest absolute Gasteiger partial charge is 0.265 e. The second-order valence-electron chi connectivity index (χ2n) is 6.93. The number of rotatable bonds is 4. The van der Waals surface area contributed by atoms with E-state index in [4.69, 9.17) is 0 Å². The maximum Gasteiger partial charge on any atom is 0.264 e. The van der Waals surface area contributed by atoms with Gasteiger partial charge in [0.15, 0.2) is 0 Å². The summed E-state index contributed by atoms with van der Waals surface area (Å²) in [4.78, 5) is 0.250. The SMILES string of the molecule is Cc1ccc(S(=O)(=O)N2CC(c3ccccc3)C=C2c2ccc(F)cc2)cc1. The van der Waals surface area contributed by atoms with Crippen molar-refractivity contribution in [2.24, 2.45) is 0 Å². The van der Waals surface area contributed by atoms with Crippen LogP contribution >= 0.6 is 0 Å². The molecule has 3 aromatic rings. The minimum Gasteiger partial charge on any atom is -0.265 e. The van der Waals surface area contributed by atoms with Crippen molar-refractivity contribution in [3.63, 3.8) is 0 Å². The molecule has 5 heteroatoms. The molecule has 0 amide bonds. The summed E-state index contributed by atoms with van der Waals surface area (Å²) in [6.45, 7) is 2.23. The van der Waals surface area contributed by atoms with E-state index >= 15 is 0 Å². The van der Waals surface area contributed by atoms with Crippen LogP contribution in [0.3, 0.4) is 0 Å². The molecule has 1 heterocycles. The number of hydrogen-bond acceptors (Lipinski definition) is 2. The highest BCUT2D eigenvalue weighted by Crippen LogP contribution is 2.38. The molecule has 28 heavy (non-hydrogen) atoms. The predicted molar refractivity (Wildman–Crippen MR) is 109 cm³/mol. The van der Waals surface area contributed by atoms with Crippen LogP contribution in [0.2, 0.25) is 0 Å². The average Bonchev–Trinajstić information content (AvgIpc) is 3.16. The fourth-order valence-electron chi connectivity index (χ4n) is 3.43. The molecule has 0 bridgehead atoms. The number of aryl methyl sites for hydroxylation is 1. The fourth-order valence-corrected chi connectivity index (χ4v) is 4.95. The zero-order valence-electron chi connectivity index (χ0n) is 15.4. The lowest BCUT2D eigenvalue weighted by Crippen LogP contribution is -2.29. The molecule has 0 saturated carbocycles. The Kier molecular flexibility index (Phi) is 4.77. The van der Waals surface area contributed by atoms with Crippen LogP contribution in [0.4, 0.5) is 4.39 Å². The van der Waals surface area contributed by atoms with Crippen molar-refractivity contribution >= 4 is 15.7 Å². The second kappa shape index (κ2) is 7.24. The molecular weight excluding hydrogens is 373 g/mol. The Bertz CT molecular complexity index is 1110. The van der Waals surface area contributed by atoms with Gasteiger partial charge in [-0.15, -0.1) is 0 Å². The highest BCUT2D eigenvalue weighted by atomic mass is 32.2. The third-order valence-corrected chi connectivity index (χ3v) is 6.76. The smallest absolute Gasteiger partial charge is 0.264 e. The van der Waals surface area contributed by atoms with E-state index in [2.05, 4.69) is 0 Å². The van der Waals surface area contributed by atoms with Crippen LogP contribution in [-0.4, -0.2) is 19.3 Å². The zero-order valence-corrected chi connectivity index (χ0v) is 16.2. The van der Waals surface area contributed by atoms with E-state index in [1.807, 2.05) is 43.3 Å². The quantitative estimate of drug-likeness (QED) is 0.628. The lowest BCUT2D eigenvalue weighted by molar-refractivity contribution is 0.515. The molecule has 3 nitrogen and oxygen atoms in total. The summed E-state index contributed by atoms with van der Waals surface area (Å²) < 4.78 is 41.6. The Balaban J connectivity index is 1.79. The van der Waals surface area contributed by atoms with Crippen molar-refractivity contribution in [1.29, 1.82) is 0 Å². The summed E-state index contributed by atoms with van der Waals surface area (Å²) in [6, 6.07) is 22.6. The van der Waals surface area contributed by atoms with Gasteiger partial charge in [0, 0.05) is 12.5 Å². The van der Waals surface area contributed by atoms with Gasteiger partial charge in [0.05, 0.1) is 10.6 Å². The monoisotopic (exact) mass is 393 g/mol. The van der Waals surface area contributed by atoms with Gasteiger partial charge in [-0.25, -0.2) is 12.8 Å². The Morgan fingerprint density at radius 3 is 2.18 bits per heavy atom. The second-order valence-corrected chi connectivity index (χ2v) is 8.79. The van der Waals surface area contributed by atoms with E-state index in [0.29, 0.717) is 17.8 Å². The molecule has 4 rings (SSSR count). The summed E-state index contributed by atoms with van der Waals surface area (Å²) in [6.07, 6.45) is 1.95. The first-order chi connectivity index (χ1) is 13.4. The average molecular weight is 393 g/mol. The molecule has 0 aliphatic carbocycles. The van der Waals surface area contributed by atoms with Gasteiger partial charge in [0.2, 0.25) is 0 Å². The molecule has 1 aliphatic heterocycles.